The van der Waals surface area contributed by atoms with Crippen LogP contribution in [0.15, 0.2) is 0 Å². The Bertz CT molecular complexity index is 712. The lowest BCUT2D eigenvalue weighted by Gasteiger charge is -2.56. The molecule has 0 aromatic heterocycles. The molecular weight excluding hydrogens is 358 g/mol. The summed E-state index contributed by atoms with van der Waals surface area (Å²) < 4.78 is 55.3. The van der Waals surface area contributed by atoms with Crippen molar-refractivity contribution >= 4 is 15.6 Å². The summed E-state index contributed by atoms with van der Waals surface area (Å²) in [5, 5.41) is 51.2. The van der Waals surface area contributed by atoms with Gasteiger partial charge in [-0.1, -0.05) is 0 Å². The van der Waals surface area contributed by atoms with Gasteiger partial charge in [0.05, 0.1) is 0 Å². The van der Waals surface area contributed by atoms with Crippen LogP contribution in [-0.2, 0) is 41.0 Å². The van der Waals surface area contributed by atoms with Gasteiger partial charge in [0.15, 0.2) is 0 Å². The molecule has 6 fully saturated rings. The Morgan fingerprint density at radius 2 is 1.32 bits per heavy atom. The number of rotatable bonds is 0. The van der Waals surface area contributed by atoms with E-state index in [9.17, 15) is 34.7 Å². The van der Waals surface area contributed by atoms with Crippen LogP contribution in [0.25, 0.3) is 0 Å². The molecule has 6 aliphatic rings. The van der Waals surface area contributed by atoms with E-state index in [1.165, 1.54) is 0 Å². The van der Waals surface area contributed by atoms with Crippen LogP contribution >= 0.6 is 15.6 Å². The van der Waals surface area contributed by atoms with Crippen LogP contribution in [0, 0.1) is 0 Å². The van der Waals surface area contributed by atoms with Crippen LogP contribution < -0.4 is 0 Å². The van der Waals surface area contributed by atoms with Crippen molar-refractivity contribution in [2.45, 2.75) is 35.4 Å². The normalized spacial score (nSPS) is 74.5. The first-order chi connectivity index (χ1) is 9.87. The van der Waals surface area contributed by atoms with Crippen molar-refractivity contribution in [2.75, 3.05) is 0 Å². The predicted molar refractivity (Wildman–Crippen MR) is 51.3 cm³/mol. The third kappa shape index (κ3) is 1.05. The number of phosphoric ester groups is 2. The molecular formula is C6H6O14P2. The Kier molecular flexibility index (Phi) is 2.02. The lowest BCUT2D eigenvalue weighted by Crippen LogP contribution is -2.88. The van der Waals surface area contributed by atoms with Gasteiger partial charge in [-0.25, -0.2) is 31.7 Å². The van der Waals surface area contributed by atoms with Crippen molar-refractivity contribution in [3.63, 3.8) is 0 Å². The second kappa shape index (κ2) is 3.10. The van der Waals surface area contributed by atoms with Gasteiger partial charge in [0.25, 0.3) is 11.6 Å². The van der Waals surface area contributed by atoms with E-state index in [2.05, 4.69) is 27.1 Å². The predicted octanol–water partition coefficient (Wildman–Crippen LogP) is -2.89. The average Bonchev–Trinajstić information content (AvgIpc) is 2.75. The third-order valence-corrected chi connectivity index (χ3v) is 6.72. The minimum Gasteiger partial charge on any atom is -0.363 e. The number of aliphatic hydroxyl groups excluding tert-OH is 1. The first kappa shape index (κ1) is 14.3. The van der Waals surface area contributed by atoms with Crippen molar-refractivity contribution in [1.29, 1.82) is 0 Å². The fourth-order valence-corrected chi connectivity index (χ4v) is 6.07. The molecule has 22 heavy (non-hydrogen) atoms. The molecule has 0 aromatic carbocycles. The van der Waals surface area contributed by atoms with Gasteiger partial charge in [0, 0.05) is 0 Å². The summed E-state index contributed by atoms with van der Waals surface area (Å²) in [5.41, 5.74) is 0. The number of hydrogen-bond donors (Lipinski definition) is 5. The molecule has 0 radical (unpaired) electrons. The third-order valence-electron chi connectivity index (χ3n) is 3.87. The van der Waals surface area contributed by atoms with Crippen LogP contribution in [0.5, 0.6) is 0 Å². The molecule has 6 atom stereocenters. The minimum atomic E-state index is -4.88. The van der Waals surface area contributed by atoms with Gasteiger partial charge < -0.3 is 25.5 Å². The summed E-state index contributed by atoms with van der Waals surface area (Å²) in [6.07, 6.45) is -2.60. The lowest BCUT2D eigenvalue weighted by atomic mass is 9.84. The second-order valence-electron chi connectivity index (χ2n) is 5.10. The molecule has 1 spiro atoms. The molecule has 4 bridgehead atoms. The maximum atomic E-state index is 12.0. The maximum Gasteiger partial charge on any atom is 0.486 e. The monoisotopic (exact) mass is 364 g/mol. The van der Waals surface area contributed by atoms with Crippen molar-refractivity contribution in [3.8, 4) is 0 Å². The molecule has 6 saturated heterocycles. The number of fused-ring (bicyclic) bond motifs is 1. The molecule has 6 rings (SSSR count). The van der Waals surface area contributed by atoms with Crippen LogP contribution in [0.4, 0.5) is 0 Å². The highest BCUT2D eigenvalue weighted by Gasteiger charge is 3.02. The summed E-state index contributed by atoms with van der Waals surface area (Å²) in [6, 6.07) is 0. The zero-order chi connectivity index (χ0) is 16.0. The van der Waals surface area contributed by atoms with Gasteiger partial charge in [-0.05, 0) is 0 Å². The van der Waals surface area contributed by atoms with E-state index >= 15 is 0 Å². The fourth-order valence-electron chi connectivity index (χ4n) is 2.85. The van der Waals surface area contributed by atoms with E-state index in [1.807, 2.05) is 0 Å². The Morgan fingerprint density at radius 3 is 1.95 bits per heavy atom. The summed E-state index contributed by atoms with van der Waals surface area (Å²) in [7, 11) is -9.28. The molecule has 0 amide bonds. The van der Waals surface area contributed by atoms with Gasteiger partial charge in [-0.15, -0.1) is 0 Å². The van der Waals surface area contributed by atoms with E-state index in [0.29, 0.717) is 0 Å². The van der Waals surface area contributed by atoms with Gasteiger partial charge in [-0.2, -0.15) is 0 Å². The van der Waals surface area contributed by atoms with Crippen molar-refractivity contribution < 1.29 is 66.5 Å². The number of phosphoric acid groups is 2. The Hall–Kier alpha value is -0.0200. The van der Waals surface area contributed by atoms with Crippen LogP contribution in [0.2, 0.25) is 0 Å². The number of ether oxygens (including phenoxy) is 1. The zero-order valence-electron chi connectivity index (χ0n) is 9.88. The fraction of sp³-hybridized carbons (Fsp3) is 1.00. The van der Waals surface area contributed by atoms with Crippen molar-refractivity contribution in [3.05, 3.63) is 0 Å². The van der Waals surface area contributed by atoms with E-state index in [4.69, 9.17) is 4.74 Å². The quantitative estimate of drug-likeness (QED) is 0.274. The molecule has 2 unspecified atom stereocenters. The zero-order valence-corrected chi connectivity index (χ0v) is 11.7. The van der Waals surface area contributed by atoms with Crippen LogP contribution in [0.3, 0.4) is 0 Å². The Morgan fingerprint density at radius 1 is 0.773 bits per heavy atom. The SMILES string of the molecule is O=P12OC(O)[C@]3(O)OC45OP(=O)(O4)O[C@]5(O)[C@](O)(O1)[C@]3(O)O2. The summed E-state index contributed by atoms with van der Waals surface area (Å²) in [6.45, 7) is 0. The molecule has 0 saturated carbocycles. The first-order valence-corrected chi connectivity index (χ1v) is 8.49. The van der Waals surface area contributed by atoms with Gasteiger partial charge >= 0.3 is 33.2 Å². The van der Waals surface area contributed by atoms with E-state index in [0.717, 1.165) is 0 Å². The molecule has 0 aliphatic carbocycles. The molecule has 6 heterocycles. The average molecular weight is 364 g/mol. The van der Waals surface area contributed by atoms with E-state index in [-0.39, 0.29) is 0 Å². The van der Waals surface area contributed by atoms with Crippen LogP contribution in [-0.4, -0.2) is 60.9 Å². The largest absolute Gasteiger partial charge is 0.486 e. The van der Waals surface area contributed by atoms with E-state index in [1.54, 1.807) is 0 Å². The number of hydrogen-bond acceptors (Lipinski definition) is 14. The Labute approximate surface area is 118 Å². The molecule has 16 heteroatoms. The van der Waals surface area contributed by atoms with E-state index < -0.39 is 51.1 Å². The maximum absolute atomic E-state index is 12.0. The molecule has 0 aromatic rings. The minimum absolute atomic E-state index is 2.60. The lowest BCUT2D eigenvalue weighted by molar-refractivity contribution is -0.608. The number of aliphatic hydroxyl groups is 5. The van der Waals surface area contributed by atoms with Gasteiger partial charge in [0.2, 0.25) is 6.29 Å². The molecule has 14 nitrogen and oxygen atoms in total. The summed E-state index contributed by atoms with van der Waals surface area (Å²) in [4.78, 5) is 0. The highest BCUT2D eigenvalue weighted by Crippen LogP contribution is 2.86. The first-order valence-electron chi connectivity index (χ1n) is 5.57. The highest BCUT2D eigenvalue weighted by molar-refractivity contribution is 7.50. The van der Waals surface area contributed by atoms with Crippen molar-refractivity contribution in [2.24, 2.45) is 0 Å². The highest BCUT2D eigenvalue weighted by atomic mass is 31.2. The summed E-state index contributed by atoms with van der Waals surface area (Å²) >= 11 is 0. The standard InChI is InChI=1S/C6H6O14P2/c7-1-2(8)3(9)4(10,17-21(12,14-1)16-3)5(11)6(15-2)19-22(13,18-5)20-6/h1,7-11H/t1?,2-,3+,4+,5+,6?,21?,22?/m0/s1. The smallest absolute Gasteiger partial charge is 0.363 e. The van der Waals surface area contributed by atoms with Gasteiger partial charge in [0.1, 0.15) is 0 Å². The van der Waals surface area contributed by atoms with Crippen LogP contribution in [0.1, 0.15) is 0 Å². The van der Waals surface area contributed by atoms with Gasteiger partial charge in [-0.3, -0.25) is 9.26 Å². The topological polar surface area (TPSA) is 200 Å². The molecule has 5 N–H and O–H groups in total. The van der Waals surface area contributed by atoms with Crippen molar-refractivity contribution in [1.82, 2.24) is 0 Å². The molecule has 6 aliphatic heterocycles. The Balaban J connectivity index is 1.82. The second-order valence-corrected chi connectivity index (χ2v) is 8.01. The summed E-state index contributed by atoms with van der Waals surface area (Å²) in [5.74, 6) is -17.0. The molecule has 124 valence electrons.